The molecule has 0 unspecified atom stereocenters. The van der Waals surface area contributed by atoms with E-state index in [0.29, 0.717) is 13.0 Å². The van der Waals surface area contributed by atoms with Crippen LogP contribution in [0, 0.1) is 5.41 Å². The SMILES string of the molecule is CCC1(CC)CC(=O)N(C2(CN)CCCCC2)C1=O. The summed E-state index contributed by atoms with van der Waals surface area (Å²) in [5, 5.41) is 0. The van der Waals surface area contributed by atoms with E-state index in [0.717, 1.165) is 38.5 Å². The molecule has 0 aromatic rings. The second-order valence-corrected chi connectivity index (χ2v) is 6.19. The Morgan fingerprint density at radius 2 is 1.68 bits per heavy atom. The van der Waals surface area contributed by atoms with Crippen molar-refractivity contribution >= 4 is 11.8 Å². The molecule has 1 saturated heterocycles. The number of nitrogens with zero attached hydrogens (tertiary/aromatic N) is 1. The molecule has 2 aliphatic rings. The molecular formula is C15H26N2O2. The molecule has 2 amide bonds. The van der Waals surface area contributed by atoms with Gasteiger partial charge in [0.05, 0.1) is 11.0 Å². The standard InChI is InChI=1S/C15H26N2O2/c1-3-14(4-2)10-12(18)17(13(14)19)15(11-16)8-6-5-7-9-15/h3-11,16H2,1-2H3. The minimum atomic E-state index is -0.462. The van der Waals surface area contributed by atoms with Crippen LogP contribution in [0.5, 0.6) is 0 Å². The molecule has 108 valence electrons. The van der Waals surface area contributed by atoms with E-state index in [4.69, 9.17) is 5.73 Å². The van der Waals surface area contributed by atoms with Crippen molar-refractivity contribution in [3.8, 4) is 0 Å². The van der Waals surface area contributed by atoms with E-state index in [-0.39, 0.29) is 11.8 Å². The molecule has 2 rings (SSSR count). The highest BCUT2D eigenvalue weighted by Gasteiger charge is 2.55. The van der Waals surface area contributed by atoms with Crippen LogP contribution in [0.2, 0.25) is 0 Å². The van der Waals surface area contributed by atoms with Crippen LogP contribution in [0.3, 0.4) is 0 Å². The van der Waals surface area contributed by atoms with Gasteiger partial charge in [-0.3, -0.25) is 14.5 Å². The predicted octanol–water partition coefficient (Wildman–Crippen LogP) is 2.21. The fourth-order valence-corrected chi connectivity index (χ4v) is 3.81. The molecule has 2 fully saturated rings. The number of carbonyl (C=O) groups is 2. The summed E-state index contributed by atoms with van der Waals surface area (Å²) in [7, 11) is 0. The van der Waals surface area contributed by atoms with Crippen molar-refractivity contribution in [2.75, 3.05) is 6.54 Å². The van der Waals surface area contributed by atoms with Crippen molar-refractivity contribution in [1.29, 1.82) is 0 Å². The van der Waals surface area contributed by atoms with E-state index in [2.05, 4.69) is 0 Å². The van der Waals surface area contributed by atoms with Crippen molar-refractivity contribution < 1.29 is 9.59 Å². The largest absolute Gasteiger partial charge is 0.328 e. The Morgan fingerprint density at radius 1 is 1.11 bits per heavy atom. The lowest BCUT2D eigenvalue weighted by atomic mass is 9.78. The number of carbonyl (C=O) groups excluding carboxylic acids is 2. The summed E-state index contributed by atoms with van der Waals surface area (Å²) in [5.74, 6) is 0.0379. The Hall–Kier alpha value is -0.900. The average Bonchev–Trinajstić information content (AvgIpc) is 2.71. The summed E-state index contributed by atoms with van der Waals surface area (Å²) in [6.07, 6.45) is 6.94. The quantitative estimate of drug-likeness (QED) is 0.793. The van der Waals surface area contributed by atoms with E-state index >= 15 is 0 Å². The second kappa shape index (κ2) is 5.23. The molecule has 1 aliphatic heterocycles. The third kappa shape index (κ3) is 2.10. The van der Waals surface area contributed by atoms with E-state index in [1.165, 1.54) is 6.42 Å². The molecule has 0 atom stereocenters. The summed E-state index contributed by atoms with van der Waals surface area (Å²) in [6.45, 7) is 4.43. The molecule has 1 saturated carbocycles. The Kier molecular flexibility index (Phi) is 4.00. The lowest BCUT2D eigenvalue weighted by Gasteiger charge is -2.43. The van der Waals surface area contributed by atoms with E-state index < -0.39 is 11.0 Å². The van der Waals surface area contributed by atoms with Crippen LogP contribution in [-0.2, 0) is 9.59 Å². The van der Waals surface area contributed by atoms with Crippen LogP contribution in [-0.4, -0.2) is 28.8 Å². The maximum atomic E-state index is 12.8. The van der Waals surface area contributed by atoms with Gasteiger partial charge in [0.25, 0.3) is 0 Å². The van der Waals surface area contributed by atoms with Crippen LogP contribution < -0.4 is 5.73 Å². The van der Waals surface area contributed by atoms with Crippen molar-refractivity contribution in [3.63, 3.8) is 0 Å². The van der Waals surface area contributed by atoms with Gasteiger partial charge in [0, 0.05) is 13.0 Å². The maximum absolute atomic E-state index is 12.8. The first-order valence-corrected chi connectivity index (χ1v) is 7.63. The van der Waals surface area contributed by atoms with Gasteiger partial charge >= 0.3 is 0 Å². The van der Waals surface area contributed by atoms with Gasteiger partial charge in [0.1, 0.15) is 0 Å². The summed E-state index contributed by atoms with van der Waals surface area (Å²) in [4.78, 5) is 26.8. The summed E-state index contributed by atoms with van der Waals surface area (Å²) in [5.41, 5.74) is 5.12. The maximum Gasteiger partial charge on any atom is 0.236 e. The summed E-state index contributed by atoms with van der Waals surface area (Å²) >= 11 is 0. The van der Waals surface area contributed by atoms with E-state index in [9.17, 15) is 9.59 Å². The lowest BCUT2D eigenvalue weighted by molar-refractivity contribution is -0.150. The second-order valence-electron chi connectivity index (χ2n) is 6.19. The van der Waals surface area contributed by atoms with Crippen LogP contribution in [0.25, 0.3) is 0 Å². The third-order valence-corrected chi connectivity index (χ3v) is 5.39. The van der Waals surface area contributed by atoms with Gasteiger partial charge in [-0.2, -0.15) is 0 Å². The molecule has 4 nitrogen and oxygen atoms in total. The van der Waals surface area contributed by atoms with Crippen LogP contribution in [0.1, 0.15) is 65.2 Å². The zero-order valence-electron chi connectivity index (χ0n) is 12.2. The molecule has 1 heterocycles. The highest BCUT2D eigenvalue weighted by molar-refractivity contribution is 6.06. The normalized spacial score (nSPS) is 25.9. The molecule has 4 heteroatoms. The third-order valence-electron chi connectivity index (χ3n) is 5.39. The molecule has 0 aromatic carbocycles. The van der Waals surface area contributed by atoms with Gasteiger partial charge in [0.15, 0.2) is 0 Å². The van der Waals surface area contributed by atoms with Gasteiger partial charge in [-0.15, -0.1) is 0 Å². The molecule has 0 spiro atoms. The van der Waals surface area contributed by atoms with Crippen molar-refractivity contribution in [2.24, 2.45) is 11.1 Å². The predicted molar refractivity (Wildman–Crippen MR) is 74.4 cm³/mol. The van der Waals surface area contributed by atoms with Gasteiger partial charge in [-0.1, -0.05) is 33.1 Å². The molecular weight excluding hydrogens is 240 g/mol. The number of rotatable bonds is 4. The van der Waals surface area contributed by atoms with Crippen molar-refractivity contribution in [1.82, 2.24) is 4.90 Å². The lowest BCUT2D eigenvalue weighted by Crippen LogP contribution is -2.58. The van der Waals surface area contributed by atoms with Crippen LogP contribution >= 0.6 is 0 Å². The van der Waals surface area contributed by atoms with Crippen LogP contribution in [0.4, 0.5) is 0 Å². The summed E-state index contributed by atoms with van der Waals surface area (Å²) < 4.78 is 0. The first-order valence-electron chi connectivity index (χ1n) is 7.63. The van der Waals surface area contributed by atoms with Gasteiger partial charge in [0.2, 0.25) is 11.8 Å². The number of imide groups is 1. The zero-order chi connectivity index (χ0) is 14.1. The molecule has 1 aliphatic carbocycles. The summed E-state index contributed by atoms with van der Waals surface area (Å²) in [6, 6.07) is 0. The molecule has 0 bridgehead atoms. The number of nitrogens with two attached hydrogens (primary N) is 1. The Labute approximate surface area is 115 Å². The minimum Gasteiger partial charge on any atom is -0.328 e. The molecule has 19 heavy (non-hydrogen) atoms. The number of amides is 2. The van der Waals surface area contributed by atoms with Crippen molar-refractivity contribution in [3.05, 3.63) is 0 Å². The average molecular weight is 266 g/mol. The fourth-order valence-electron chi connectivity index (χ4n) is 3.81. The number of hydrogen-bond donors (Lipinski definition) is 1. The monoisotopic (exact) mass is 266 g/mol. The first kappa shape index (κ1) is 14.5. The van der Waals surface area contributed by atoms with Gasteiger partial charge in [-0.25, -0.2) is 0 Å². The highest BCUT2D eigenvalue weighted by atomic mass is 16.2. The first-order chi connectivity index (χ1) is 9.05. The topological polar surface area (TPSA) is 63.4 Å². The van der Waals surface area contributed by atoms with E-state index in [1.54, 1.807) is 4.90 Å². The van der Waals surface area contributed by atoms with Crippen LogP contribution in [0.15, 0.2) is 0 Å². The fraction of sp³-hybridized carbons (Fsp3) is 0.867. The number of hydrogen-bond acceptors (Lipinski definition) is 3. The van der Waals surface area contributed by atoms with Gasteiger partial charge < -0.3 is 5.73 Å². The van der Waals surface area contributed by atoms with E-state index in [1.807, 2.05) is 13.8 Å². The van der Waals surface area contributed by atoms with Gasteiger partial charge in [-0.05, 0) is 25.7 Å². The Morgan fingerprint density at radius 3 is 2.11 bits per heavy atom. The smallest absolute Gasteiger partial charge is 0.236 e. The number of likely N-dealkylation sites (tertiary alicyclic amines) is 1. The molecule has 2 N–H and O–H groups in total. The Bertz CT molecular complexity index is 368. The zero-order valence-corrected chi connectivity index (χ0v) is 12.2. The van der Waals surface area contributed by atoms with Crippen molar-refractivity contribution in [2.45, 2.75) is 70.8 Å². The molecule has 0 aromatic heterocycles. The highest BCUT2D eigenvalue weighted by Crippen LogP contribution is 2.45. The molecule has 0 radical (unpaired) electrons. The minimum absolute atomic E-state index is 0.000972. The Balaban J connectivity index is 2.33.